The molecule has 2 aliphatic rings. The number of carbonyl (C=O) groups is 2. The highest BCUT2D eigenvalue weighted by molar-refractivity contribution is 5.91. The van der Waals surface area contributed by atoms with E-state index in [1.807, 2.05) is 12.1 Å². The van der Waals surface area contributed by atoms with E-state index >= 15 is 0 Å². The van der Waals surface area contributed by atoms with Crippen LogP contribution in [0.2, 0.25) is 0 Å². The minimum absolute atomic E-state index is 0.0431. The Hall–Kier alpha value is -2.40. The Morgan fingerprint density at radius 1 is 1.17 bits per heavy atom. The lowest BCUT2D eigenvalue weighted by molar-refractivity contribution is -0.147. The molecule has 4 rings (SSSR count). The van der Waals surface area contributed by atoms with E-state index in [-0.39, 0.29) is 24.3 Å². The number of ether oxygens (including phenoxy) is 1. The predicted octanol–water partition coefficient (Wildman–Crippen LogP) is 2.30. The molecule has 3 atom stereocenters. The third-order valence-corrected chi connectivity index (χ3v) is 5.12. The Labute approximate surface area is 139 Å². The third kappa shape index (κ3) is 2.55. The number of carboxylic acid groups (broad SMARTS) is 1. The molecule has 2 fully saturated rings. The average Bonchev–Trinajstić information content (AvgIpc) is 3.26. The fourth-order valence-corrected chi connectivity index (χ4v) is 3.51. The van der Waals surface area contributed by atoms with Crippen molar-refractivity contribution in [1.29, 1.82) is 0 Å². The maximum absolute atomic E-state index is 12.5. The Bertz CT molecular complexity index is 810. The van der Waals surface area contributed by atoms with Crippen LogP contribution in [0.5, 0.6) is 0 Å². The summed E-state index contributed by atoms with van der Waals surface area (Å²) in [6.07, 6.45) is 1.09. The van der Waals surface area contributed by atoms with Crippen LogP contribution in [0.3, 0.4) is 0 Å². The van der Waals surface area contributed by atoms with Gasteiger partial charge < -0.3 is 15.2 Å². The standard InChI is InChI=1S/C19H19NO4/c21-17(20-19(18(22)23)7-8-24-11-19)16-10-15(16)14-6-5-12-3-1-2-4-13(12)9-14/h1-6,9,15-16H,7-8,10-11H2,(H,20,21)(H,22,23). The van der Waals surface area contributed by atoms with Gasteiger partial charge >= 0.3 is 5.97 Å². The molecule has 1 aliphatic heterocycles. The van der Waals surface area contributed by atoms with Crippen molar-refractivity contribution in [2.24, 2.45) is 5.92 Å². The van der Waals surface area contributed by atoms with E-state index in [4.69, 9.17) is 4.74 Å². The SMILES string of the molecule is O=C(NC1(C(=O)O)CCOC1)C1CC1c1ccc2ccccc2c1. The summed E-state index contributed by atoms with van der Waals surface area (Å²) in [6.45, 7) is 0.410. The maximum atomic E-state index is 12.5. The zero-order valence-corrected chi connectivity index (χ0v) is 13.2. The van der Waals surface area contributed by atoms with Crippen LogP contribution in [0.4, 0.5) is 0 Å². The first-order valence-electron chi connectivity index (χ1n) is 8.21. The second-order valence-corrected chi connectivity index (χ2v) is 6.73. The highest BCUT2D eigenvalue weighted by Gasteiger charge is 2.50. The van der Waals surface area contributed by atoms with Crippen LogP contribution < -0.4 is 5.32 Å². The summed E-state index contributed by atoms with van der Waals surface area (Å²) in [6, 6.07) is 14.4. The molecular weight excluding hydrogens is 306 g/mol. The van der Waals surface area contributed by atoms with Crippen molar-refractivity contribution in [2.45, 2.75) is 24.3 Å². The number of aliphatic carboxylic acids is 1. The summed E-state index contributed by atoms with van der Waals surface area (Å²) < 4.78 is 5.19. The topological polar surface area (TPSA) is 75.6 Å². The number of benzene rings is 2. The molecule has 1 saturated heterocycles. The highest BCUT2D eigenvalue weighted by Crippen LogP contribution is 2.48. The number of carbonyl (C=O) groups excluding carboxylic acids is 1. The molecule has 1 heterocycles. The molecule has 124 valence electrons. The van der Waals surface area contributed by atoms with Crippen molar-refractivity contribution in [2.75, 3.05) is 13.2 Å². The van der Waals surface area contributed by atoms with Gasteiger partial charge in [0.25, 0.3) is 0 Å². The molecular formula is C19H19NO4. The van der Waals surface area contributed by atoms with Crippen LogP contribution in [0, 0.1) is 5.92 Å². The van der Waals surface area contributed by atoms with Crippen molar-refractivity contribution in [3.8, 4) is 0 Å². The summed E-state index contributed by atoms with van der Waals surface area (Å²) in [5, 5.41) is 14.5. The zero-order chi connectivity index (χ0) is 16.7. The number of hydrogen-bond donors (Lipinski definition) is 2. The van der Waals surface area contributed by atoms with Gasteiger partial charge in [0, 0.05) is 18.9 Å². The van der Waals surface area contributed by atoms with Gasteiger partial charge in [-0.05, 0) is 28.7 Å². The number of carboxylic acids is 1. The monoisotopic (exact) mass is 325 g/mol. The van der Waals surface area contributed by atoms with Crippen LogP contribution >= 0.6 is 0 Å². The van der Waals surface area contributed by atoms with Crippen molar-refractivity contribution in [3.05, 3.63) is 48.0 Å². The summed E-state index contributed by atoms with van der Waals surface area (Å²) in [4.78, 5) is 24.0. The lowest BCUT2D eigenvalue weighted by Crippen LogP contribution is -2.55. The van der Waals surface area contributed by atoms with E-state index in [9.17, 15) is 14.7 Å². The van der Waals surface area contributed by atoms with Crippen molar-refractivity contribution < 1.29 is 19.4 Å². The van der Waals surface area contributed by atoms with E-state index in [0.29, 0.717) is 13.0 Å². The molecule has 1 amide bonds. The second kappa shape index (κ2) is 5.60. The van der Waals surface area contributed by atoms with E-state index in [1.54, 1.807) is 0 Å². The van der Waals surface area contributed by atoms with E-state index < -0.39 is 11.5 Å². The molecule has 24 heavy (non-hydrogen) atoms. The fourth-order valence-electron chi connectivity index (χ4n) is 3.51. The largest absolute Gasteiger partial charge is 0.479 e. The molecule has 3 unspecified atom stereocenters. The lowest BCUT2D eigenvalue weighted by atomic mass is 9.98. The van der Waals surface area contributed by atoms with Crippen LogP contribution in [-0.4, -0.2) is 35.7 Å². The molecule has 0 spiro atoms. The van der Waals surface area contributed by atoms with E-state index in [1.165, 1.54) is 5.39 Å². The molecule has 2 aromatic rings. The minimum atomic E-state index is -1.26. The third-order valence-electron chi connectivity index (χ3n) is 5.12. The van der Waals surface area contributed by atoms with Gasteiger partial charge in [-0.3, -0.25) is 4.79 Å². The van der Waals surface area contributed by atoms with Gasteiger partial charge in [0.05, 0.1) is 6.61 Å². The molecule has 2 N–H and O–H groups in total. The highest BCUT2D eigenvalue weighted by atomic mass is 16.5. The normalized spacial score (nSPS) is 28.7. The summed E-state index contributed by atoms with van der Waals surface area (Å²) in [5.74, 6) is -1.18. The Morgan fingerprint density at radius 2 is 1.96 bits per heavy atom. The molecule has 1 aliphatic carbocycles. The minimum Gasteiger partial charge on any atom is -0.479 e. The van der Waals surface area contributed by atoms with Gasteiger partial charge in [0.1, 0.15) is 0 Å². The lowest BCUT2D eigenvalue weighted by Gasteiger charge is -2.23. The fraction of sp³-hybridized carbons (Fsp3) is 0.368. The number of hydrogen-bond acceptors (Lipinski definition) is 3. The van der Waals surface area contributed by atoms with Gasteiger partial charge in [-0.1, -0.05) is 42.5 Å². The number of nitrogens with one attached hydrogen (secondary N) is 1. The maximum Gasteiger partial charge on any atom is 0.331 e. The Kier molecular flexibility index (Phi) is 3.53. The summed E-state index contributed by atoms with van der Waals surface area (Å²) in [5.41, 5.74) is -0.117. The molecule has 5 nitrogen and oxygen atoms in total. The summed E-state index contributed by atoms with van der Waals surface area (Å²) in [7, 11) is 0. The number of amides is 1. The predicted molar refractivity (Wildman–Crippen MR) is 88.7 cm³/mol. The molecule has 1 saturated carbocycles. The van der Waals surface area contributed by atoms with Gasteiger partial charge in [0.2, 0.25) is 5.91 Å². The van der Waals surface area contributed by atoms with Gasteiger partial charge in [0.15, 0.2) is 5.54 Å². The van der Waals surface area contributed by atoms with E-state index in [2.05, 4.69) is 35.6 Å². The number of rotatable bonds is 4. The van der Waals surface area contributed by atoms with Crippen molar-refractivity contribution >= 4 is 22.6 Å². The van der Waals surface area contributed by atoms with E-state index in [0.717, 1.165) is 17.4 Å². The van der Waals surface area contributed by atoms with Crippen molar-refractivity contribution in [1.82, 2.24) is 5.32 Å². The van der Waals surface area contributed by atoms with Crippen LogP contribution in [0.1, 0.15) is 24.3 Å². The Morgan fingerprint density at radius 3 is 2.67 bits per heavy atom. The second-order valence-electron chi connectivity index (χ2n) is 6.73. The first-order valence-corrected chi connectivity index (χ1v) is 8.21. The van der Waals surface area contributed by atoms with Crippen LogP contribution in [0.25, 0.3) is 10.8 Å². The van der Waals surface area contributed by atoms with Crippen molar-refractivity contribution in [3.63, 3.8) is 0 Å². The van der Waals surface area contributed by atoms with Gasteiger partial charge in [-0.25, -0.2) is 4.79 Å². The molecule has 0 bridgehead atoms. The smallest absolute Gasteiger partial charge is 0.331 e. The van der Waals surface area contributed by atoms with Crippen LogP contribution in [0.15, 0.2) is 42.5 Å². The molecule has 0 radical (unpaired) electrons. The molecule has 5 heteroatoms. The molecule has 2 aromatic carbocycles. The zero-order valence-electron chi connectivity index (χ0n) is 13.2. The quantitative estimate of drug-likeness (QED) is 0.904. The van der Waals surface area contributed by atoms with Gasteiger partial charge in [-0.2, -0.15) is 0 Å². The van der Waals surface area contributed by atoms with Crippen LogP contribution in [-0.2, 0) is 14.3 Å². The van der Waals surface area contributed by atoms with Gasteiger partial charge in [-0.15, -0.1) is 0 Å². The summed E-state index contributed by atoms with van der Waals surface area (Å²) >= 11 is 0. The first-order chi connectivity index (χ1) is 11.6. The first kappa shape index (κ1) is 15.1. The average molecular weight is 325 g/mol. The molecule has 0 aromatic heterocycles. The Balaban J connectivity index is 1.48. The number of fused-ring (bicyclic) bond motifs is 1.